The molecule has 3 rings (SSSR count). The number of hydrogen-bond donors (Lipinski definition) is 1. The second-order valence-electron chi connectivity index (χ2n) is 6.79. The fourth-order valence-corrected chi connectivity index (χ4v) is 3.95. The van der Waals surface area contributed by atoms with Crippen molar-refractivity contribution in [2.75, 3.05) is 36.7 Å². The highest BCUT2D eigenvalue weighted by Gasteiger charge is 2.25. The van der Waals surface area contributed by atoms with Crippen LogP contribution in [0.3, 0.4) is 0 Å². The Morgan fingerprint density at radius 1 is 1.18 bits per heavy atom. The molecule has 0 saturated carbocycles. The van der Waals surface area contributed by atoms with Gasteiger partial charge in [-0.3, -0.25) is 9.69 Å². The van der Waals surface area contributed by atoms with E-state index in [9.17, 15) is 9.18 Å². The van der Waals surface area contributed by atoms with Crippen molar-refractivity contribution in [1.29, 1.82) is 0 Å². The van der Waals surface area contributed by atoms with Gasteiger partial charge in [-0.05, 0) is 48.9 Å². The number of halogens is 2. The summed E-state index contributed by atoms with van der Waals surface area (Å²) in [4.78, 5) is 17.0. The van der Waals surface area contributed by atoms with Crippen molar-refractivity contribution >= 4 is 35.1 Å². The minimum Gasteiger partial charge on any atom is -0.336 e. The van der Waals surface area contributed by atoms with E-state index in [1.54, 1.807) is 24.1 Å². The van der Waals surface area contributed by atoms with Crippen LogP contribution in [-0.2, 0) is 0 Å². The highest BCUT2D eigenvalue weighted by Crippen LogP contribution is 2.26. The molecule has 1 amide bonds. The van der Waals surface area contributed by atoms with Crippen LogP contribution in [0.2, 0.25) is 5.02 Å². The molecule has 1 unspecified atom stereocenters. The van der Waals surface area contributed by atoms with Gasteiger partial charge in [-0.25, -0.2) is 4.39 Å². The maximum absolute atomic E-state index is 13.4. The maximum atomic E-state index is 13.4. The van der Waals surface area contributed by atoms with Gasteiger partial charge >= 0.3 is 0 Å². The van der Waals surface area contributed by atoms with Crippen LogP contribution >= 0.6 is 23.5 Å². The van der Waals surface area contributed by atoms with Crippen LogP contribution in [0, 0.1) is 5.82 Å². The van der Waals surface area contributed by atoms with E-state index in [0.29, 0.717) is 18.7 Å². The molecule has 1 atom stereocenters. The highest BCUT2D eigenvalue weighted by molar-refractivity contribution is 8.00. The molecular formula is C21H25ClFN3OS. The monoisotopic (exact) mass is 421 g/mol. The summed E-state index contributed by atoms with van der Waals surface area (Å²) in [5.41, 5.74) is 2.69. The smallest absolute Gasteiger partial charge is 0.253 e. The summed E-state index contributed by atoms with van der Waals surface area (Å²) in [6.07, 6.45) is 0. The maximum Gasteiger partial charge on any atom is 0.253 e. The Morgan fingerprint density at radius 2 is 1.86 bits per heavy atom. The van der Waals surface area contributed by atoms with Gasteiger partial charge in [0, 0.05) is 49.2 Å². The van der Waals surface area contributed by atoms with Crippen LogP contribution in [0.25, 0.3) is 0 Å². The first-order chi connectivity index (χ1) is 13.5. The van der Waals surface area contributed by atoms with E-state index in [2.05, 4.69) is 23.5 Å². The molecule has 28 heavy (non-hydrogen) atoms. The molecule has 1 aliphatic heterocycles. The molecule has 2 aromatic rings. The molecule has 1 N–H and O–H groups in total. The van der Waals surface area contributed by atoms with Crippen LogP contribution in [0.1, 0.15) is 35.8 Å². The van der Waals surface area contributed by atoms with Gasteiger partial charge in [0.25, 0.3) is 5.91 Å². The first-order valence-electron chi connectivity index (χ1n) is 9.45. The third-order valence-corrected chi connectivity index (χ3v) is 6.00. The van der Waals surface area contributed by atoms with Crippen molar-refractivity contribution < 1.29 is 9.18 Å². The Hall–Kier alpha value is -1.76. The van der Waals surface area contributed by atoms with Gasteiger partial charge in [0.15, 0.2) is 0 Å². The van der Waals surface area contributed by atoms with Gasteiger partial charge < -0.3 is 9.62 Å². The molecule has 1 fully saturated rings. The third kappa shape index (κ3) is 4.99. The Morgan fingerprint density at radius 3 is 2.46 bits per heavy atom. The average Bonchev–Trinajstić information content (AvgIpc) is 2.73. The minimum absolute atomic E-state index is 0.0619. The molecule has 0 spiro atoms. The Balaban J connectivity index is 1.56. The van der Waals surface area contributed by atoms with Crippen molar-refractivity contribution in [3.8, 4) is 0 Å². The summed E-state index contributed by atoms with van der Waals surface area (Å²) < 4.78 is 16.6. The van der Waals surface area contributed by atoms with E-state index in [1.807, 2.05) is 29.2 Å². The van der Waals surface area contributed by atoms with Gasteiger partial charge in [-0.1, -0.05) is 36.5 Å². The topological polar surface area (TPSA) is 35.6 Å². The lowest BCUT2D eigenvalue weighted by atomic mass is 10.1. The zero-order valence-corrected chi connectivity index (χ0v) is 17.7. The molecule has 1 saturated heterocycles. The molecule has 0 radical (unpaired) electrons. The van der Waals surface area contributed by atoms with Crippen molar-refractivity contribution in [2.45, 2.75) is 19.9 Å². The zero-order chi connectivity index (χ0) is 20.1. The highest BCUT2D eigenvalue weighted by atomic mass is 35.5. The fraction of sp³-hybridized carbons (Fsp3) is 0.381. The summed E-state index contributed by atoms with van der Waals surface area (Å²) in [5.74, 6) is 0.641. The molecule has 7 heteroatoms. The molecule has 0 aromatic heterocycles. The zero-order valence-electron chi connectivity index (χ0n) is 16.1. The van der Waals surface area contributed by atoms with E-state index in [4.69, 9.17) is 11.6 Å². The van der Waals surface area contributed by atoms with Gasteiger partial charge in [-0.15, -0.1) is 0 Å². The lowest BCUT2D eigenvalue weighted by Crippen LogP contribution is -2.49. The molecule has 2 aromatic carbocycles. The second kappa shape index (κ2) is 9.63. The lowest BCUT2D eigenvalue weighted by molar-refractivity contribution is 0.0582. The summed E-state index contributed by atoms with van der Waals surface area (Å²) >= 11 is 7.54. The number of anilines is 1. The van der Waals surface area contributed by atoms with Gasteiger partial charge in [0.2, 0.25) is 0 Å². The van der Waals surface area contributed by atoms with Crippen LogP contribution < -0.4 is 4.72 Å². The van der Waals surface area contributed by atoms with Crippen LogP contribution in [0.4, 0.5) is 10.1 Å². The number of piperazine rings is 1. The number of nitrogens with zero attached hydrogens (tertiary/aromatic N) is 2. The largest absolute Gasteiger partial charge is 0.336 e. The number of nitrogens with one attached hydrogen (secondary N) is 1. The molecule has 1 aliphatic rings. The second-order valence-corrected chi connectivity index (χ2v) is 8.27. The van der Waals surface area contributed by atoms with Crippen LogP contribution in [0.15, 0.2) is 42.5 Å². The lowest BCUT2D eigenvalue weighted by Gasteiger charge is -2.38. The van der Waals surface area contributed by atoms with Gasteiger partial charge in [0.1, 0.15) is 5.82 Å². The number of rotatable bonds is 6. The number of benzene rings is 2. The SMILES string of the molecule is CCSNc1ccc(C(=O)N2CCN(C(C)c3ccc(F)c(Cl)c3)CC2)cc1. The van der Waals surface area contributed by atoms with E-state index in [0.717, 1.165) is 30.1 Å². The van der Waals surface area contributed by atoms with E-state index in [1.165, 1.54) is 6.07 Å². The average molecular weight is 422 g/mol. The van der Waals surface area contributed by atoms with Crippen LogP contribution in [-0.4, -0.2) is 47.6 Å². The predicted octanol–water partition coefficient (Wildman–Crippen LogP) is 5.08. The summed E-state index contributed by atoms with van der Waals surface area (Å²) in [6, 6.07) is 12.6. The normalized spacial score (nSPS) is 16.1. The summed E-state index contributed by atoms with van der Waals surface area (Å²) in [6.45, 7) is 7.05. The summed E-state index contributed by atoms with van der Waals surface area (Å²) in [7, 11) is 0. The van der Waals surface area contributed by atoms with Gasteiger partial charge in [0.05, 0.1) is 5.02 Å². The standard InChI is InChI=1S/C21H25ClFN3OS/c1-3-28-24-18-7-4-16(5-8-18)21(27)26-12-10-25(11-13-26)15(2)17-6-9-20(23)19(22)14-17/h4-9,14-15,24H,3,10-13H2,1-2H3. The predicted molar refractivity (Wildman–Crippen MR) is 115 cm³/mol. The van der Waals surface area contributed by atoms with Crippen molar-refractivity contribution in [2.24, 2.45) is 0 Å². The third-order valence-electron chi connectivity index (χ3n) is 5.04. The molecule has 4 nitrogen and oxygen atoms in total. The van der Waals surface area contributed by atoms with Crippen LogP contribution in [0.5, 0.6) is 0 Å². The Kier molecular flexibility index (Phi) is 7.21. The van der Waals surface area contributed by atoms with Crippen molar-refractivity contribution in [3.63, 3.8) is 0 Å². The van der Waals surface area contributed by atoms with E-state index >= 15 is 0 Å². The van der Waals surface area contributed by atoms with Gasteiger partial charge in [-0.2, -0.15) is 0 Å². The Labute approximate surface area is 175 Å². The first-order valence-corrected chi connectivity index (χ1v) is 10.8. The summed E-state index contributed by atoms with van der Waals surface area (Å²) in [5, 5.41) is 0.147. The first kappa shape index (κ1) is 21.0. The molecule has 0 bridgehead atoms. The number of carbonyl (C=O) groups is 1. The van der Waals surface area contributed by atoms with Crippen molar-refractivity contribution in [3.05, 3.63) is 64.4 Å². The fourth-order valence-electron chi connectivity index (χ4n) is 3.31. The number of carbonyl (C=O) groups excluding carboxylic acids is 1. The Bertz CT molecular complexity index is 810. The molecule has 150 valence electrons. The van der Waals surface area contributed by atoms with E-state index < -0.39 is 5.82 Å². The number of amides is 1. The molecule has 0 aliphatic carbocycles. The molecule has 1 heterocycles. The van der Waals surface area contributed by atoms with E-state index in [-0.39, 0.29) is 17.0 Å². The quantitative estimate of drug-likeness (QED) is 0.660. The van der Waals surface area contributed by atoms with Crippen molar-refractivity contribution in [1.82, 2.24) is 9.80 Å². The molecular weight excluding hydrogens is 397 g/mol. The number of hydrogen-bond acceptors (Lipinski definition) is 4. The minimum atomic E-state index is -0.400.